The maximum Gasteiger partial charge on any atom is 0.247 e. The maximum atomic E-state index is 12.9. The van der Waals surface area contributed by atoms with Crippen LogP contribution in [0.1, 0.15) is 29.3 Å². The van der Waals surface area contributed by atoms with Gasteiger partial charge in [0.2, 0.25) is 11.8 Å². The highest BCUT2D eigenvalue weighted by molar-refractivity contribution is 6.05. The van der Waals surface area contributed by atoms with Gasteiger partial charge in [-0.05, 0) is 36.8 Å². The van der Waals surface area contributed by atoms with Crippen molar-refractivity contribution in [2.24, 2.45) is 0 Å². The van der Waals surface area contributed by atoms with Crippen LogP contribution in [0, 0.1) is 0 Å². The average Bonchev–Trinajstić information content (AvgIpc) is 3.03. The van der Waals surface area contributed by atoms with Gasteiger partial charge in [0, 0.05) is 37.4 Å². The van der Waals surface area contributed by atoms with Gasteiger partial charge in [-0.3, -0.25) is 24.2 Å². The van der Waals surface area contributed by atoms with Crippen molar-refractivity contribution in [2.75, 3.05) is 31.1 Å². The summed E-state index contributed by atoms with van der Waals surface area (Å²) in [6.07, 6.45) is 0.263. The summed E-state index contributed by atoms with van der Waals surface area (Å²) in [5, 5.41) is 0. The fourth-order valence-electron chi connectivity index (χ4n) is 4.08. The van der Waals surface area contributed by atoms with Crippen molar-refractivity contribution >= 4 is 23.3 Å². The fraction of sp³-hybridized carbons (Fsp3) is 0.348. The van der Waals surface area contributed by atoms with Gasteiger partial charge >= 0.3 is 0 Å². The second-order valence-corrected chi connectivity index (χ2v) is 7.65. The Morgan fingerprint density at radius 2 is 1.59 bits per heavy atom. The number of nitrogens with zero attached hydrogens (tertiary/aromatic N) is 3. The second kappa shape index (κ2) is 8.17. The molecule has 150 valence electrons. The molecule has 0 spiro atoms. The Kier molecular flexibility index (Phi) is 5.45. The van der Waals surface area contributed by atoms with Crippen LogP contribution < -0.4 is 4.90 Å². The SMILES string of the molecule is CC(=O)c1ccc(N2CCN([C@H]3CC(=O)N(Cc4ccccc4)C3=O)CC2)cc1. The zero-order chi connectivity index (χ0) is 20.4. The van der Waals surface area contributed by atoms with Crippen LogP contribution in [0.3, 0.4) is 0 Å². The normalized spacial score (nSPS) is 20.4. The van der Waals surface area contributed by atoms with Crippen LogP contribution in [0.15, 0.2) is 54.6 Å². The zero-order valence-corrected chi connectivity index (χ0v) is 16.6. The van der Waals surface area contributed by atoms with E-state index in [2.05, 4.69) is 9.80 Å². The summed E-state index contributed by atoms with van der Waals surface area (Å²) in [6.45, 7) is 4.95. The number of Topliss-reactive ketones (excluding diaryl/α,β-unsaturated/α-hetero) is 1. The Hall–Kier alpha value is -2.99. The number of piperazine rings is 1. The molecule has 2 heterocycles. The molecule has 0 saturated carbocycles. The van der Waals surface area contributed by atoms with Gasteiger partial charge in [-0.15, -0.1) is 0 Å². The molecule has 1 atom stereocenters. The molecule has 0 aliphatic carbocycles. The van der Waals surface area contributed by atoms with Crippen LogP contribution in [0.4, 0.5) is 5.69 Å². The predicted molar refractivity (Wildman–Crippen MR) is 111 cm³/mol. The summed E-state index contributed by atoms with van der Waals surface area (Å²) in [5.41, 5.74) is 2.75. The monoisotopic (exact) mass is 391 g/mol. The topological polar surface area (TPSA) is 60.9 Å². The minimum absolute atomic E-state index is 0.0610. The highest BCUT2D eigenvalue weighted by Crippen LogP contribution is 2.24. The van der Waals surface area contributed by atoms with Crippen molar-refractivity contribution < 1.29 is 14.4 Å². The number of carbonyl (C=O) groups excluding carboxylic acids is 3. The number of imide groups is 1. The number of amides is 2. The molecular weight excluding hydrogens is 366 g/mol. The lowest BCUT2D eigenvalue weighted by Crippen LogP contribution is -2.52. The van der Waals surface area contributed by atoms with E-state index in [-0.39, 0.29) is 30.1 Å². The van der Waals surface area contributed by atoms with Crippen LogP contribution >= 0.6 is 0 Å². The Labute approximate surface area is 170 Å². The third-order valence-electron chi connectivity index (χ3n) is 5.80. The van der Waals surface area contributed by atoms with E-state index in [9.17, 15) is 14.4 Å². The predicted octanol–water partition coefficient (Wildman–Crippen LogP) is 2.34. The summed E-state index contributed by atoms with van der Waals surface area (Å²) < 4.78 is 0. The standard InChI is InChI=1S/C23H25N3O3/c1-17(27)19-7-9-20(10-8-19)24-11-13-25(14-12-24)21-15-22(28)26(23(21)29)16-18-5-3-2-4-6-18/h2-10,21H,11-16H2,1H3/t21-/m0/s1. The fourth-order valence-corrected chi connectivity index (χ4v) is 4.08. The maximum absolute atomic E-state index is 12.9. The van der Waals surface area contributed by atoms with E-state index in [1.165, 1.54) is 4.90 Å². The Bertz CT molecular complexity index is 903. The van der Waals surface area contributed by atoms with Crippen LogP contribution in [0.5, 0.6) is 0 Å². The number of benzene rings is 2. The molecule has 0 unspecified atom stereocenters. The molecule has 2 fully saturated rings. The van der Waals surface area contributed by atoms with Crippen molar-refractivity contribution in [1.29, 1.82) is 0 Å². The van der Waals surface area contributed by atoms with Crippen molar-refractivity contribution in [1.82, 2.24) is 9.80 Å². The van der Waals surface area contributed by atoms with Gasteiger partial charge in [0.05, 0.1) is 19.0 Å². The number of ketones is 1. The van der Waals surface area contributed by atoms with Crippen LogP contribution in [0.25, 0.3) is 0 Å². The van der Waals surface area contributed by atoms with Crippen LogP contribution in [-0.2, 0) is 16.1 Å². The van der Waals surface area contributed by atoms with Gasteiger partial charge in [0.25, 0.3) is 0 Å². The first-order valence-corrected chi connectivity index (χ1v) is 10.0. The van der Waals surface area contributed by atoms with E-state index < -0.39 is 0 Å². The van der Waals surface area contributed by atoms with E-state index >= 15 is 0 Å². The molecule has 6 nitrogen and oxygen atoms in total. The molecule has 0 radical (unpaired) electrons. The van der Waals surface area contributed by atoms with E-state index in [1.807, 2.05) is 54.6 Å². The summed E-state index contributed by atoms with van der Waals surface area (Å²) in [4.78, 5) is 42.6. The summed E-state index contributed by atoms with van der Waals surface area (Å²) in [6, 6.07) is 16.9. The minimum atomic E-state index is -0.353. The smallest absolute Gasteiger partial charge is 0.247 e. The van der Waals surface area contributed by atoms with Crippen molar-refractivity contribution in [2.45, 2.75) is 25.9 Å². The lowest BCUT2D eigenvalue weighted by Gasteiger charge is -2.38. The van der Waals surface area contributed by atoms with E-state index in [1.54, 1.807) is 6.92 Å². The van der Waals surface area contributed by atoms with Gasteiger partial charge in [-0.1, -0.05) is 30.3 Å². The lowest BCUT2D eigenvalue weighted by atomic mass is 10.1. The molecule has 2 aliphatic heterocycles. The summed E-state index contributed by atoms with van der Waals surface area (Å²) in [5.74, 6) is -0.116. The first-order valence-electron chi connectivity index (χ1n) is 10.0. The van der Waals surface area contributed by atoms with Crippen LogP contribution in [-0.4, -0.2) is 59.6 Å². The van der Waals surface area contributed by atoms with Gasteiger partial charge in [-0.2, -0.15) is 0 Å². The summed E-state index contributed by atoms with van der Waals surface area (Å²) in [7, 11) is 0. The number of rotatable bonds is 5. The molecule has 2 aromatic carbocycles. The molecule has 2 aromatic rings. The van der Waals surface area contributed by atoms with Crippen molar-refractivity contribution in [3.63, 3.8) is 0 Å². The molecule has 0 bridgehead atoms. The molecule has 4 rings (SSSR count). The quantitative estimate of drug-likeness (QED) is 0.578. The number of hydrogen-bond acceptors (Lipinski definition) is 5. The summed E-state index contributed by atoms with van der Waals surface area (Å²) >= 11 is 0. The third-order valence-corrected chi connectivity index (χ3v) is 5.80. The number of anilines is 1. The molecule has 29 heavy (non-hydrogen) atoms. The van der Waals surface area contributed by atoms with Gasteiger partial charge in [0.1, 0.15) is 0 Å². The third kappa shape index (κ3) is 4.07. The zero-order valence-electron chi connectivity index (χ0n) is 16.6. The molecule has 0 N–H and O–H groups in total. The number of hydrogen-bond donors (Lipinski definition) is 0. The molecule has 6 heteroatoms. The molecule has 0 aromatic heterocycles. The highest BCUT2D eigenvalue weighted by Gasteiger charge is 2.42. The highest BCUT2D eigenvalue weighted by atomic mass is 16.2. The van der Waals surface area contributed by atoms with Crippen molar-refractivity contribution in [3.05, 3.63) is 65.7 Å². The Morgan fingerprint density at radius 3 is 2.21 bits per heavy atom. The van der Waals surface area contributed by atoms with Gasteiger partial charge in [-0.25, -0.2) is 0 Å². The molecule has 2 aliphatic rings. The van der Waals surface area contributed by atoms with E-state index in [0.29, 0.717) is 12.1 Å². The van der Waals surface area contributed by atoms with E-state index in [0.717, 1.165) is 37.4 Å². The minimum Gasteiger partial charge on any atom is -0.369 e. The number of likely N-dealkylation sites (tertiary alicyclic amines) is 1. The van der Waals surface area contributed by atoms with Crippen molar-refractivity contribution in [3.8, 4) is 0 Å². The Morgan fingerprint density at radius 1 is 0.931 bits per heavy atom. The molecule has 2 amide bonds. The average molecular weight is 391 g/mol. The van der Waals surface area contributed by atoms with Crippen LogP contribution in [0.2, 0.25) is 0 Å². The lowest BCUT2D eigenvalue weighted by molar-refractivity contribution is -0.140. The Balaban J connectivity index is 1.36. The second-order valence-electron chi connectivity index (χ2n) is 7.65. The van der Waals surface area contributed by atoms with Gasteiger partial charge < -0.3 is 4.90 Å². The number of carbonyl (C=O) groups is 3. The van der Waals surface area contributed by atoms with E-state index in [4.69, 9.17) is 0 Å². The molecule has 2 saturated heterocycles. The molecular formula is C23H25N3O3. The van der Waals surface area contributed by atoms with Gasteiger partial charge in [0.15, 0.2) is 5.78 Å². The first-order chi connectivity index (χ1) is 14.0. The first kappa shape index (κ1) is 19.3. The largest absolute Gasteiger partial charge is 0.369 e.